The van der Waals surface area contributed by atoms with E-state index in [0.29, 0.717) is 5.92 Å². The van der Waals surface area contributed by atoms with Crippen molar-refractivity contribution in [3.05, 3.63) is 36.0 Å². The molecule has 0 saturated heterocycles. The van der Waals surface area contributed by atoms with Gasteiger partial charge in [0.1, 0.15) is 5.75 Å². The molecule has 2 heterocycles. The van der Waals surface area contributed by atoms with Gasteiger partial charge in [0.2, 0.25) is 0 Å². The third-order valence-corrected chi connectivity index (χ3v) is 3.64. The molecule has 0 fully saturated rings. The number of nitrogens with one attached hydrogen (secondary N) is 1. The lowest BCUT2D eigenvalue weighted by Crippen LogP contribution is -2.23. The fraction of sp³-hybridized carbons (Fsp3) is 0.400. The van der Waals surface area contributed by atoms with E-state index in [9.17, 15) is 0 Å². The van der Waals surface area contributed by atoms with Gasteiger partial charge < -0.3 is 10.1 Å². The second kappa shape index (κ2) is 5.05. The van der Waals surface area contributed by atoms with Crippen LogP contribution in [0.1, 0.15) is 17.9 Å². The predicted molar refractivity (Wildman–Crippen MR) is 75.4 cm³/mol. The van der Waals surface area contributed by atoms with Crippen LogP contribution in [0.4, 0.5) is 0 Å². The molecule has 1 N–H and O–H groups in total. The van der Waals surface area contributed by atoms with Gasteiger partial charge in [0, 0.05) is 31.3 Å². The summed E-state index contributed by atoms with van der Waals surface area (Å²) in [5.74, 6) is 1.53. The van der Waals surface area contributed by atoms with E-state index in [0.717, 1.165) is 36.6 Å². The Bertz CT molecular complexity index is 577. The van der Waals surface area contributed by atoms with Crippen molar-refractivity contribution in [1.29, 1.82) is 0 Å². The maximum Gasteiger partial charge on any atom is 0.132 e. The van der Waals surface area contributed by atoms with Crippen LogP contribution in [0, 0.1) is 0 Å². The molecule has 1 aliphatic heterocycles. The first-order valence-electron chi connectivity index (χ1n) is 6.70. The Labute approximate surface area is 113 Å². The monoisotopic (exact) mass is 257 g/mol. The minimum Gasteiger partial charge on any atom is -0.493 e. The average Bonchev–Trinajstić information content (AvgIpc) is 2.85. The van der Waals surface area contributed by atoms with Crippen molar-refractivity contribution in [2.24, 2.45) is 7.05 Å². The first kappa shape index (κ1) is 12.2. The largest absolute Gasteiger partial charge is 0.493 e. The minimum absolute atomic E-state index is 0.525. The Morgan fingerprint density at radius 3 is 3.05 bits per heavy atom. The second-order valence-corrected chi connectivity index (χ2v) is 4.99. The van der Waals surface area contributed by atoms with Crippen LogP contribution in [0.15, 0.2) is 30.5 Å². The van der Waals surface area contributed by atoms with E-state index in [2.05, 4.69) is 28.6 Å². The van der Waals surface area contributed by atoms with Gasteiger partial charge in [0.25, 0.3) is 0 Å². The number of fused-ring (bicyclic) bond motifs is 1. The number of hydrogen-bond donors (Lipinski definition) is 1. The normalized spacial score (nSPS) is 17.9. The van der Waals surface area contributed by atoms with Crippen molar-refractivity contribution >= 4 is 0 Å². The van der Waals surface area contributed by atoms with Gasteiger partial charge in [0.05, 0.1) is 12.3 Å². The van der Waals surface area contributed by atoms with Crippen LogP contribution < -0.4 is 10.1 Å². The number of aromatic nitrogens is 2. The second-order valence-electron chi connectivity index (χ2n) is 4.99. The number of ether oxygens (including phenoxy) is 1. The molecular weight excluding hydrogens is 238 g/mol. The first-order chi connectivity index (χ1) is 9.29. The SMILES string of the molecule is CNCC1CCOc2c(-c3ccn(C)n3)cccc21. The molecule has 4 heteroatoms. The van der Waals surface area contributed by atoms with Gasteiger partial charge in [-0.25, -0.2) is 0 Å². The smallest absolute Gasteiger partial charge is 0.132 e. The molecule has 0 amide bonds. The molecule has 100 valence electrons. The number of benzene rings is 1. The highest BCUT2D eigenvalue weighted by Crippen LogP contribution is 2.40. The zero-order chi connectivity index (χ0) is 13.2. The number of rotatable bonds is 3. The van der Waals surface area contributed by atoms with E-state index >= 15 is 0 Å². The molecule has 0 saturated carbocycles. The molecule has 19 heavy (non-hydrogen) atoms. The summed E-state index contributed by atoms with van der Waals surface area (Å²) in [6, 6.07) is 8.38. The quantitative estimate of drug-likeness (QED) is 0.916. The Morgan fingerprint density at radius 2 is 2.32 bits per heavy atom. The fourth-order valence-corrected chi connectivity index (χ4v) is 2.72. The third kappa shape index (κ3) is 2.24. The Balaban J connectivity index is 2.05. The van der Waals surface area contributed by atoms with E-state index in [1.165, 1.54) is 5.56 Å². The first-order valence-corrected chi connectivity index (χ1v) is 6.70. The number of hydrogen-bond acceptors (Lipinski definition) is 3. The maximum absolute atomic E-state index is 5.92. The standard InChI is InChI=1S/C15H19N3O/c1-16-10-11-7-9-19-15-12(11)4-3-5-13(15)14-6-8-18(2)17-14/h3-6,8,11,16H,7,9-10H2,1-2H3. The van der Waals surface area contributed by atoms with Crippen LogP contribution in [-0.4, -0.2) is 30.0 Å². The molecule has 2 aromatic rings. The Kier molecular flexibility index (Phi) is 3.25. The highest BCUT2D eigenvalue weighted by atomic mass is 16.5. The highest BCUT2D eigenvalue weighted by Gasteiger charge is 2.24. The molecular formula is C15H19N3O. The zero-order valence-corrected chi connectivity index (χ0v) is 11.4. The highest BCUT2D eigenvalue weighted by molar-refractivity contribution is 5.69. The Hall–Kier alpha value is -1.81. The molecule has 3 rings (SSSR count). The van der Waals surface area contributed by atoms with Crippen molar-refractivity contribution in [2.45, 2.75) is 12.3 Å². The predicted octanol–water partition coefficient (Wildman–Crippen LogP) is 2.17. The molecule has 1 atom stereocenters. The number of nitrogens with zero attached hydrogens (tertiary/aromatic N) is 2. The van der Waals surface area contributed by atoms with E-state index in [1.807, 2.05) is 31.0 Å². The number of aryl methyl sites for hydroxylation is 1. The lowest BCUT2D eigenvalue weighted by molar-refractivity contribution is 0.267. The average molecular weight is 257 g/mol. The van der Waals surface area contributed by atoms with Crippen molar-refractivity contribution in [2.75, 3.05) is 20.2 Å². The summed E-state index contributed by atoms with van der Waals surface area (Å²) in [4.78, 5) is 0. The van der Waals surface area contributed by atoms with E-state index in [1.54, 1.807) is 0 Å². The summed E-state index contributed by atoms with van der Waals surface area (Å²) in [6.45, 7) is 1.77. The summed E-state index contributed by atoms with van der Waals surface area (Å²) >= 11 is 0. The lowest BCUT2D eigenvalue weighted by atomic mass is 9.90. The van der Waals surface area contributed by atoms with Crippen molar-refractivity contribution in [3.8, 4) is 17.0 Å². The molecule has 1 aliphatic rings. The molecule has 0 spiro atoms. The number of para-hydroxylation sites is 1. The van der Waals surface area contributed by atoms with Crippen LogP contribution in [-0.2, 0) is 7.05 Å². The van der Waals surface area contributed by atoms with Crippen LogP contribution in [0.2, 0.25) is 0 Å². The minimum atomic E-state index is 0.525. The molecule has 1 aromatic carbocycles. The molecule has 1 aromatic heterocycles. The van der Waals surface area contributed by atoms with Crippen LogP contribution >= 0.6 is 0 Å². The van der Waals surface area contributed by atoms with Gasteiger partial charge in [-0.2, -0.15) is 5.10 Å². The summed E-state index contributed by atoms with van der Waals surface area (Å²) < 4.78 is 7.74. The summed E-state index contributed by atoms with van der Waals surface area (Å²) in [5, 5.41) is 7.75. The Morgan fingerprint density at radius 1 is 1.42 bits per heavy atom. The van der Waals surface area contributed by atoms with Gasteiger partial charge in [0.15, 0.2) is 0 Å². The fourth-order valence-electron chi connectivity index (χ4n) is 2.72. The topological polar surface area (TPSA) is 39.1 Å². The summed E-state index contributed by atoms with van der Waals surface area (Å²) in [6.07, 6.45) is 3.03. The van der Waals surface area contributed by atoms with Crippen molar-refractivity contribution in [1.82, 2.24) is 15.1 Å². The summed E-state index contributed by atoms with van der Waals surface area (Å²) in [7, 11) is 3.93. The maximum atomic E-state index is 5.92. The van der Waals surface area contributed by atoms with Gasteiger partial charge in [-0.05, 0) is 31.2 Å². The van der Waals surface area contributed by atoms with Crippen LogP contribution in [0.5, 0.6) is 5.75 Å². The van der Waals surface area contributed by atoms with Gasteiger partial charge in [-0.1, -0.05) is 12.1 Å². The van der Waals surface area contributed by atoms with E-state index in [-0.39, 0.29) is 0 Å². The van der Waals surface area contributed by atoms with Gasteiger partial charge in [-0.15, -0.1) is 0 Å². The third-order valence-electron chi connectivity index (χ3n) is 3.64. The van der Waals surface area contributed by atoms with Gasteiger partial charge in [-0.3, -0.25) is 4.68 Å². The number of likely N-dealkylation sites (N-methyl/N-ethyl adjacent to an activating group) is 1. The molecule has 0 bridgehead atoms. The molecule has 0 radical (unpaired) electrons. The lowest BCUT2D eigenvalue weighted by Gasteiger charge is -2.27. The molecule has 0 aliphatic carbocycles. The zero-order valence-electron chi connectivity index (χ0n) is 11.4. The van der Waals surface area contributed by atoms with Crippen molar-refractivity contribution < 1.29 is 4.74 Å². The van der Waals surface area contributed by atoms with Crippen molar-refractivity contribution in [3.63, 3.8) is 0 Å². The van der Waals surface area contributed by atoms with E-state index < -0.39 is 0 Å². The van der Waals surface area contributed by atoms with Crippen LogP contribution in [0.3, 0.4) is 0 Å². The summed E-state index contributed by atoms with van der Waals surface area (Å²) in [5.41, 5.74) is 3.37. The van der Waals surface area contributed by atoms with Crippen LogP contribution in [0.25, 0.3) is 11.3 Å². The molecule has 4 nitrogen and oxygen atoms in total. The van der Waals surface area contributed by atoms with E-state index in [4.69, 9.17) is 4.74 Å². The van der Waals surface area contributed by atoms with Gasteiger partial charge >= 0.3 is 0 Å². The molecule has 1 unspecified atom stereocenters.